The van der Waals surface area contributed by atoms with Gasteiger partial charge in [0.25, 0.3) is 0 Å². The molecule has 2 heteroatoms. The molecule has 206 valence electrons. The molecule has 0 saturated heterocycles. The maximum Gasteiger partial charge on any atom is 0.228 e. The third-order valence-electron chi connectivity index (χ3n) is 8.40. The van der Waals surface area contributed by atoms with Gasteiger partial charge < -0.3 is 4.74 Å². The molecule has 0 saturated carbocycles. The van der Waals surface area contributed by atoms with E-state index in [4.69, 9.17) is 4.74 Å². The zero-order chi connectivity index (χ0) is 28.5. The van der Waals surface area contributed by atoms with E-state index in [9.17, 15) is 0 Å². The molecule has 4 aromatic carbocycles. The summed E-state index contributed by atoms with van der Waals surface area (Å²) in [6.45, 7) is 18.5. The van der Waals surface area contributed by atoms with Crippen LogP contribution in [0.5, 0.6) is 11.5 Å². The number of pyridine rings is 1. The monoisotopic (exact) mass is 530 g/mol. The molecule has 5 aromatic rings. The van der Waals surface area contributed by atoms with Crippen LogP contribution in [-0.2, 0) is 26.3 Å². The number of ether oxygens (including phenoxy) is 1. The molecule has 40 heavy (non-hydrogen) atoms. The van der Waals surface area contributed by atoms with Gasteiger partial charge in [0.1, 0.15) is 18.5 Å². The average molecular weight is 531 g/mol. The van der Waals surface area contributed by atoms with Gasteiger partial charge in [-0.3, -0.25) is 0 Å². The smallest absolute Gasteiger partial charge is 0.228 e. The lowest BCUT2D eigenvalue weighted by Gasteiger charge is -2.28. The van der Waals surface area contributed by atoms with Gasteiger partial charge in [-0.25, -0.2) is 4.57 Å². The summed E-state index contributed by atoms with van der Waals surface area (Å²) in [5.74, 6) is 3.28. The highest BCUT2D eigenvalue weighted by molar-refractivity contribution is 6.16. The van der Waals surface area contributed by atoms with E-state index in [-0.39, 0.29) is 5.41 Å². The molecule has 2 nitrogen and oxygen atoms in total. The van der Waals surface area contributed by atoms with Gasteiger partial charge in [0.05, 0.1) is 10.9 Å². The van der Waals surface area contributed by atoms with E-state index in [2.05, 4.69) is 122 Å². The predicted octanol–water partition coefficient (Wildman–Crippen LogP) is 10.0. The number of aryl methyl sites for hydroxylation is 2. The highest BCUT2D eigenvalue weighted by atomic mass is 16.5. The number of rotatable bonds is 5. The summed E-state index contributed by atoms with van der Waals surface area (Å²) < 4.78 is 9.39. The molecule has 0 fully saturated rings. The Balaban J connectivity index is 1.70. The van der Waals surface area contributed by atoms with Gasteiger partial charge >= 0.3 is 0 Å². The fourth-order valence-electron chi connectivity index (χ4n) is 6.85. The number of benzene rings is 4. The summed E-state index contributed by atoms with van der Waals surface area (Å²) in [6, 6.07) is 18.7. The molecule has 1 aromatic heterocycles. The summed E-state index contributed by atoms with van der Waals surface area (Å²) in [6.07, 6.45) is 5.37. The van der Waals surface area contributed by atoms with Crippen LogP contribution in [0.15, 0.2) is 54.7 Å². The molecular weight excluding hydrogens is 486 g/mol. The molecule has 1 aliphatic heterocycles. The third-order valence-corrected chi connectivity index (χ3v) is 8.40. The van der Waals surface area contributed by atoms with Crippen molar-refractivity contribution in [2.24, 2.45) is 24.3 Å². The molecule has 1 aliphatic rings. The topological polar surface area (TPSA) is 13.1 Å². The lowest BCUT2D eigenvalue weighted by molar-refractivity contribution is -0.659. The highest BCUT2D eigenvalue weighted by Gasteiger charge is 2.34. The van der Waals surface area contributed by atoms with Crippen LogP contribution in [0.25, 0.3) is 43.6 Å². The van der Waals surface area contributed by atoms with Crippen LogP contribution < -0.4 is 9.30 Å². The van der Waals surface area contributed by atoms with Crippen molar-refractivity contribution in [3.8, 4) is 22.8 Å². The molecule has 6 rings (SSSR count). The van der Waals surface area contributed by atoms with Crippen LogP contribution in [0.3, 0.4) is 0 Å². The van der Waals surface area contributed by atoms with Crippen molar-refractivity contribution in [1.29, 1.82) is 0 Å². The second-order valence-electron chi connectivity index (χ2n) is 14.2. The van der Waals surface area contributed by atoms with E-state index in [1.807, 2.05) is 0 Å². The van der Waals surface area contributed by atoms with Crippen molar-refractivity contribution in [2.45, 2.75) is 74.7 Å². The molecule has 0 unspecified atom stereocenters. The van der Waals surface area contributed by atoms with Crippen molar-refractivity contribution in [1.82, 2.24) is 0 Å². The Hall–Kier alpha value is -3.39. The normalized spacial score (nSPS) is 13.1. The zero-order valence-electron chi connectivity index (χ0n) is 25.8. The van der Waals surface area contributed by atoms with Crippen LogP contribution in [0.2, 0.25) is 0 Å². The van der Waals surface area contributed by atoms with Crippen molar-refractivity contribution in [3.05, 3.63) is 77.0 Å². The molecule has 0 amide bonds. The SMILES string of the molecule is Cc1c2c(c(CC(C)(C)C)c3ccc(CC(C)C)cc13)Oc1cc3cc(CC(C)C)ccc3c3cc[n+](C)c-2c13. The molecule has 0 N–H and O–H groups in total. The molecule has 0 atom stereocenters. The Morgan fingerprint density at radius 3 is 2.08 bits per heavy atom. The second kappa shape index (κ2) is 9.61. The van der Waals surface area contributed by atoms with Gasteiger partial charge in [-0.1, -0.05) is 84.9 Å². The zero-order valence-corrected chi connectivity index (χ0v) is 25.8. The Labute approximate surface area is 240 Å². The lowest BCUT2D eigenvalue weighted by atomic mass is 9.81. The van der Waals surface area contributed by atoms with Crippen molar-refractivity contribution >= 4 is 32.3 Å². The number of hydrogen-bond donors (Lipinski definition) is 0. The largest absolute Gasteiger partial charge is 0.455 e. The van der Waals surface area contributed by atoms with E-state index in [0.29, 0.717) is 11.8 Å². The van der Waals surface area contributed by atoms with Gasteiger partial charge in [-0.05, 0) is 87.7 Å². The standard InChI is InChI=1S/C38H44NO/c1-22(2)16-25-10-12-28-27(18-25)20-33-35-30(28)14-15-39(9)36(35)34-24(5)31-19-26(17-23(3)4)11-13-29(31)32(37(34)40-33)21-38(6,7)8/h10-15,18-20,22-23H,16-17,21H2,1-9H3/q+1. The summed E-state index contributed by atoms with van der Waals surface area (Å²) in [5.41, 5.74) is 8.09. The summed E-state index contributed by atoms with van der Waals surface area (Å²) in [4.78, 5) is 0. The van der Waals surface area contributed by atoms with E-state index in [0.717, 1.165) is 30.8 Å². The van der Waals surface area contributed by atoms with Gasteiger partial charge in [-0.15, -0.1) is 0 Å². The Morgan fingerprint density at radius 1 is 0.775 bits per heavy atom. The molecular formula is C38H44NO+. The van der Waals surface area contributed by atoms with Crippen LogP contribution in [0.4, 0.5) is 0 Å². The maximum absolute atomic E-state index is 7.08. The average Bonchev–Trinajstić information content (AvgIpc) is 2.86. The lowest BCUT2D eigenvalue weighted by Crippen LogP contribution is -2.32. The minimum Gasteiger partial charge on any atom is -0.455 e. The first-order valence-corrected chi connectivity index (χ1v) is 15.1. The number of fused-ring (bicyclic) bond motifs is 5. The minimum absolute atomic E-state index is 0.125. The second-order valence-corrected chi connectivity index (χ2v) is 14.2. The van der Waals surface area contributed by atoms with E-state index in [1.54, 1.807) is 0 Å². The Morgan fingerprint density at radius 2 is 1.43 bits per heavy atom. The molecule has 0 radical (unpaired) electrons. The fourth-order valence-corrected chi connectivity index (χ4v) is 6.85. The van der Waals surface area contributed by atoms with Gasteiger partial charge in [0.15, 0.2) is 6.20 Å². The van der Waals surface area contributed by atoms with E-state index >= 15 is 0 Å². The highest BCUT2D eigenvalue weighted by Crippen LogP contribution is 2.52. The summed E-state index contributed by atoms with van der Waals surface area (Å²) in [5, 5.41) is 7.75. The first-order valence-electron chi connectivity index (χ1n) is 15.1. The van der Waals surface area contributed by atoms with Crippen molar-refractivity contribution < 1.29 is 9.30 Å². The molecule has 0 spiro atoms. The molecule has 2 heterocycles. The minimum atomic E-state index is 0.125. The number of hydrogen-bond acceptors (Lipinski definition) is 1. The first kappa shape index (κ1) is 26.8. The summed E-state index contributed by atoms with van der Waals surface area (Å²) in [7, 11) is 2.19. The van der Waals surface area contributed by atoms with Crippen molar-refractivity contribution in [2.75, 3.05) is 0 Å². The predicted molar refractivity (Wildman–Crippen MR) is 171 cm³/mol. The third kappa shape index (κ3) is 4.56. The van der Waals surface area contributed by atoms with Crippen molar-refractivity contribution in [3.63, 3.8) is 0 Å². The molecule has 0 aliphatic carbocycles. The summed E-state index contributed by atoms with van der Waals surface area (Å²) >= 11 is 0. The van der Waals surface area contributed by atoms with Crippen LogP contribution >= 0.6 is 0 Å². The fraction of sp³-hybridized carbons (Fsp3) is 0.395. The van der Waals surface area contributed by atoms with Crippen LogP contribution in [0, 0.1) is 24.2 Å². The quantitative estimate of drug-likeness (QED) is 0.160. The number of nitrogens with zero attached hydrogens (tertiary/aromatic N) is 1. The first-order chi connectivity index (χ1) is 18.9. The van der Waals surface area contributed by atoms with Gasteiger partial charge in [0, 0.05) is 17.0 Å². The van der Waals surface area contributed by atoms with Gasteiger partial charge in [0.2, 0.25) is 5.69 Å². The number of aromatic nitrogens is 1. The maximum atomic E-state index is 7.08. The van der Waals surface area contributed by atoms with Crippen LogP contribution in [0.1, 0.15) is 70.7 Å². The van der Waals surface area contributed by atoms with Gasteiger partial charge in [-0.2, -0.15) is 0 Å². The Kier molecular flexibility index (Phi) is 6.44. The van der Waals surface area contributed by atoms with E-state index < -0.39 is 0 Å². The van der Waals surface area contributed by atoms with Crippen LogP contribution in [-0.4, -0.2) is 0 Å². The molecule has 0 bridgehead atoms. The Bertz CT molecular complexity index is 1800. The van der Waals surface area contributed by atoms with E-state index in [1.165, 1.54) is 65.8 Å².